The van der Waals surface area contributed by atoms with Gasteiger partial charge in [-0.1, -0.05) is 0 Å². The molecule has 3 nitrogen and oxygen atoms in total. The van der Waals surface area contributed by atoms with Crippen LogP contribution in [0.15, 0.2) is 6.07 Å². The lowest BCUT2D eigenvalue weighted by atomic mass is 10.1. The number of ether oxygens (including phenoxy) is 1. The lowest BCUT2D eigenvalue weighted by Gasteiger charge is -2.10. The lowest BCUT2D eigenvalue weighted by Crippen LogP contribution is -2.01. The van der Waals surface area contributed by atoms with E-state index in [1.54, 1.807) is 0 Å². The van der Waals surface area contributed by atoms with E-state index < -0.39 is 6.43 Å². The smallest absolute Gasteiger partial charge is 0.269 e. The van der Waals surface area contributed by atoms with Crippen molar-refractivity contribution in [3.63, 3.8) is 0 Å². The van der Waals surface area contributed by atoms with Gasteiger partial charge in [0.15, 0.2) is 6.29 Å². The van der Waals surface area contributed by atoms with E-state index in [1.807, 2.05) is 0 Å². The zero-order chi connectivity index (χ0) is 10.7. The first-order valence-electron chi connectivity index (χ1n) is 3.89. The fraction of sp³-hybridized carbons (Fsp3) is 0.333. The predicted molar refractivity (Wildman–Crippen MR) is 45.9 cm³/mol. The fourth-order valence-corrected chi connectivity index (χ4v) is 1.17. The number of alkyl halides is 2. The molecule has 5 heteroatoms. The van der Waals surface area contributed by atoms with Gasteiger partial charge in [0.1, 0.15) is 11.4 Å². The van der Waals surface area contributed by atoms with Crippen LogP contribution in [0.3, 0.4) is 0 Å². The molecule has 0 saturated carbocycles. The number of aromatic nitrogens is 1. The van der Waals surface area contributed by atoms with Crippen LogP contribution >= 0.6 is 0 Å². The van der Waals surface area contributed by atoms with Crippen molar-refractivity contribution < 1.29 is 18.3 Å². The molecular formula is C9H9F2NO2. The minimum absolute atomic E-state index is 0.00500. The van der Waals surface area contributed by atoms with Crippen molar-refractivity contribution in [2.75, 3.05) is 7.11 Å². The maximum atomic E-state index is 12.5. The second kappa shape index (κ2) is 4.13. The maximum absolute atomic E-state index is 12.5. The summed E-state index contributed by atoms with van der Waals surface area (Å²) >= 11 is 0. The minimum Gasteiger partial charge on any atom is -0.496 e. The van der Waals surface area contributed by atoms with E-state index >= 15 is 0 Å². The molecule has 0 aliphatic rings. The number of halogens is 2. The third kappa shape index (κ3) is 1.86. The number of pyridine rings is 1. The van der Waals surface area contributed by atoms with Gasteiger partial charge in [-0.2, -0.15) is 0 Å². The summed E-state index contributed by atoms with van der Waals surface area (Å²) in [6, 6.07) is 1.20. The number of rotatable bonds is 3. The first kappa shape index (κ1) is 10.6. The number of aldehydes is 1. The molecule has 0 unspecified atom stereocenters. The molecule has 0 radical (unpaired) electrons. The van der Waals surface area contributed by atoms with Crippen LogP contribution in [0.25, 0.3) is 0 Å². The average molecular weight is 201 g/mol. The van der Waals surface area contributed by atoms with Gasteiger partial charge in [0.2, 0.25) is 0 Å². The quantitative estimate of drug-likeness (QED) is 0.703. The Morgan fingerprint density at radius 2 is 2.21 bits per heavy atom. The normalized spacial score (nSPS) is 10.4. The molecule has 1 aromatic rings. The van der Waals surface area contributed by atoms with Gasteiger partial charge in [-0.3, -0.25) is 4.79 Å². The Morgan fingerprint density at radius 1 is 1.57 bits per heavy atom. The second-order valence-corrected chi connectivity index (χ2v) is 2.67. The molecule has 0 aromatic carbocycles. The van der Waals surface area contributed by atoms with Crippen LogP contribution < -0.4 is 4.74 Å². The molecule has 0 bridgehead atoms. The van der Waals surface area contributed by atoms with Gasteiger partial charge >= 0.3 is 0 Å². The summed E-state index contributed by atoms with van der Waals surface area (Å²) in [4.78, 5) is 14.1. The molecule has 0 saturated heterocycles. The summed E-state index contributed by atoms with van der Waals surface area (Å²) in [5.74, 6) is -0.00500. The van der Waals surface area contributed by atoms with Gasteiger partial charge in [-0.05, 0) is 6.92 Å². The number of carbonyl (C=O) groups excluding carboxylic acids is 1. The van der Waals surface area contributed by atoms with Gasteiger partial charge in [0.05, 0.1) is 18.4 Å². The standard InChI is InChI=1S/C9H9F2NO2/c1-5-8(9(10)11)7(14-2)3-6(4-13)12-5/h3-4,9H,1-2H3. The van der Waals surface area contributed by atoms with Crippen molar-refractivity contribution in [2.45, 2.75) is 13.3 Å². The first-order chi connectivity index (χ1) is 6.60. The highest BCUT2D eigenvalue weighted by Gasteiger charge is 2.18. The second-order valence-electron chi connectivity index (χ2n) is 2.67. The van der Waals surface area contributed by atoms with E-state index in [9.17, 15) is 13.6 Å². The van der Waals surface area contributed by atoms with Crippen LogP contribution in [-0.4, -0.2) is 18.4 Å². The van der Waals surface area contributed by atoms with Crippen LogP contribution in [0.2, 0.25) is 0 Å². The van der Waals surface area contributed by atoms with Crippen molar-refractivity contribution in [1.82, 2.24) is 4.98 Å². The summed E-state index contributed by atoms with van der Waals surface area (Å²) in [5, 5.41) is 0. The van der Waals surface area contributed by atoms with E-state index in [2.05, 4.69) is 4.98 Å². The van der Waals surface area contributed by atoms with Gasteiger partial charge in [0, 0.05) is 6.07 Å². The number of nitrogens with zero attached hydrogens (tertiary/aromatic N) is 1. The molecule has 0 spiro atoms. The van der Waals surface area contributed by atoms with Gasteiger partial charge in [-0.25, -0.2) is 13.8 Å². The van der Waals surface area contributed by atoms with Crippen molar-refractivity contribution in [3.8, 4) is 5.75 Å². The Morgan fingerprint density at radius 3 is 2.64 bits per heavy atom. The largest absolute Gasteiger partial charge is 0.496 e. The Hall–Kier alpha value is -1.52. The van der Waals surface area contributed by atoms with E-state index in [4.69, 9.17) is 4.74 Å². The molecule has 1 aromatic heterocycles. The Balaban J connectivity index is 3.34. The zero-order valence-electron chi connectivity index (χ0n) is 7.75. The van der Waals surface area contributed by atoms with Crippen LogP contribution in [-0.2, 0) is 0 Å². The molecule has 0 amide bonds. The van der Waals surface area contributed by atoms with Crippen molar-refractivity contribution in [3.05, 3.63) is 23.0 Å². The molecule has 76 valence electrons. The van der Waals surface area contributed by atoms with Crippen LogP contribution in [0.4, 0.5) is 8.78 Å². The van der Waals surface area contributed by atoms with Crippen LogP contribution in [0.5, 0.6) is 5.75 Å². The van der Waals surface area contributed by atoms with Crippen molar-refractivity contribution >= 4 is 6.29 Å². The SMILES string of the molecule is COc1cc(C=O)nc(C)c1C(F)F. The summed E-state index contributed by atoms with van der Waals surface area (Å²) in [7, 11) is 1.27. The number of carbonyl (C=O) groups is 1. The maximum Gasteiger partial charge on any atom is 0.269 e. The minimum atomic E-state index is -2.65. The van der Waals surface area contributed by atoms with Gasteiger partial charge in [-0.15, -0.1) is 0 Å². The number of methoxy groups -OCH3 is 1. The third-order valence-electron chi connectivity index (χ3n) is 1.79. The van der Waals surface area contributed by atoms with E-state index in [0.717, 1.165) is 0 Å². The monoisotopic (exact) mass is 201 g/mol. The van der Waals surface area contributed by atoms with Crippen molar-refractivity contribution in [2.24, 2.45) is 0 Å². The van der Waals surface area contributed by atoms with E-state index in [-0.39, 0.29) is 22.7 Å². The highest BCUT2D eigenvalue weighted by molar-refractivity contribution is 5.73. The Bertz CT molecular complexity index is 353. The molecule has 0 aliphatic carbocycles. The lowest BCUT2D eigenvalue weighted by molar-refractivity contribution is 0.111. The van der Waals surface area contributed by atoms with Crippen molar-refractivity contribution in [1.29, 1.82) is 0 Å². The predicted octanol–water partition coefficient (Wildman–Crippen LogP) is 2.15. The molecule has 14 heavy (non-hydrogen) atoms. The zero-order valence-corrected chi connectivity index (χ0v) is 7.75. The highest BCUT2D eigenvalue weighted by atomic mass is 19.3. The van der Waals surface area contributed by atoms with Crippen LogP contribution in [0.1, 0.15) is 28.2 Å². The van der Waals surface area contributed by atoms with Gasteiger partial charge < -0.3 is 4.74 Å². The first-order valence-corrected chi connectivity index (χ1v) is 3.89. The summed E-state index contributed by atoms with van der Waals surface area (Å²) in [5.41, 5.74) is -0.0664. The molecule has 0 N–H and O–H groups in total. The number of hydrogen-bond donors (Lipinski definition) is 0. The molecule has 1 rings (SSSR count). The topological polar surface area (TPSA) is 39.2 Å². The summed E-state index contributed by atoms with van der Waals surface area (Å²) < 4.78 is 29.8. The van der Waals surface area contributed by atoms with E-state index in [0.29, 0.717) is 6.29 Å². The molecule has 0 atom stereocenters. The Labute approximate surface area is 79.7 Å². The number of hydrogen-bond acceptors (Lipinski definition) is 3. The third-order valence-corrected chi connectivity index (χ3v) is 1.79. The molecule has 0 aliphatic heterocycles. The average Bonchev–Trinajstić information content (AvgIpc) is 2.15. The fourth-order valence-electron chi connectivity index (χ4n) is 1.17. The van der Waals surface area contributed by atoms with Crippen LogP contribution in [0, 0.1) is 6.92 Å². The van der Waals surface area contributed by atoms with Gasteiger partial charge in [0.25, 0.3) is 6.43 Å². The Kier molecular flexibility index (Phi) is 3.11. The van der Waals surface area contributed by atoms with E-state index in [1.165, 1.54) is 20.1 Å². The number of aryl methyl sites for hydroxylation is 1. The highest BCUT2D eigenvalue weighted by Crippen LogP contribution is 2.31. The molecule has 1 heterocycles. The summed E-state index contributed by atoms with van der Waals surface area (Å²) in [6.45, 7) is 1.41. The molecular weight excluding hydrogens is 192 g/mol. The molecule has 0 fully saturated rings. The summed E-state index contributed by atoms with van der Waals surface area (Å²) in [6.07, 6.45) is -2.16.